The second-order valence-electron chi connectivity index (χ2n) is 3.01. The zero-order valence-electron chi connectivity index (χ0n) is 7.39. The highest BCUT2D eigenvalue weighted by Crippen LogP contribution is 2.34. The number of rotatable bonds is 0. The first kappa shape index (κ1) is 8.97. The van der Waals surface area contributed by atoms with E-state index in [0.29, 0.717) is 0 Å². The Labute approximate surface area is 88.9 Å². The highest BCUT2D eigenvalue weighted by atomic mass is 79.9. The molecule has 0 amide bonds. The number of fused-ring (bicyclic) bond motifs is 1. The molecule has 68 valence electrons. The molecule has 0 radical (unpaired) electrons. The van der Waals surface area contributed by atoms with Gasteiger partial charge in [-0.25, -0.2) is 4.98 Å². The topological polar surface area (TPSA) is 38.9 Å². The standard InChI is InChI=1S/C9H9BrN2S/c1-4-5(2)12-9-6(8(4)11)3-7(10)13-9/h3H,1-2H3,(H2,11,12). The van der Waals surface area contributed by atoms with E-state index < -0.39 is 0 Å². The number of nitrogen functional groups attached to an aromatic ring is 1. The predicted octanol–water partition coefficient (Wildman–Crippen LogP) is 3.26. The Bertz CT molecular complexity index is 476. The average Bonchev–Trinajstić information content (AvgIpc) is 2.42. The number of nitrogens with two attached hydrogens (primary N) is 1. The molecule has 2 rings (SSSR count). The van der Waals surface area contributed by atoms with Crippen molar-refractivity contribution in [1.82, 2.24) is 4.98 Å². The third-order valence-electron chi connectivity index (χ3n) is 2.19. The van der Waals surface area contributed by atoms with Crippen LogP contribution in [0.5, 0.6) is 0 Å². The Hall–Kier alpha value is -0.610. The molecular weight excluding hydrogens is 248 g/mol. The predicted molar refractivity (Wildman–Crippen MR) is 61.2 cm³/mol. The lowest BCUT2D eigenvalue weighted by molar-refractivity contribution is 1.21. The molecule has 2 N–H and O–H groups in total. The van der Waals surface area contributed by atoms with Crippen molar-refractivity contribution in [2.45, 2.75) is 13.8 Å². The van der Waals surface area contributed by atoms with Crippen molar-refractivity contribution >= 4 is 43.2 Å². The summed E-state index contributed by atoms with van der Waals surface area (Å²) in [6.07, 6.45) is 0. The van der Waals surface area contributed by atoms with E-state index >= 15 is 0 Å². The molecule has 13 heavy (non-hydrogen) atoms. The lowest BCUT2D eigenvalue weighted by atomic mass is 10.1. The number of nitrogens with zero attached hydrogens (tertiary/aromatic N) is 1. The molecule has 0 aliphatic rings. The molecule has 4 heteroatoms. The van der Waals surface area contributed by atoms with Crippen LogP contribution in [-0.2, 0) is 0 Å². The number of pyridine rings is 1. The lowest BCUT2D eigenvalue weighted by Gasteiger charge is -2.03. The SMILES string of the molecule is Cc1nc2sc(Br)cc2c(N)c1C. The normalized spacial score (nSPS) is 11.0. The average molecular weight is 257 g/mol. The van der Waals surface area contributed by atoms with E-state index in [-0.39, 0.29) is 0 Å². The summed E-state index contributed by atoms with van der Waals surface area (Å²) >= 11 is 5.05. The zero-order valence-corrected chi connectivity index (χ0v) is 9.79. The molecule has 0 fully saturated rings. The molecule has 0 spiro atoms. The minimum atomic E-state index is 0.851. The third kappa shape index (κ3) is 1.34. The summed E-state index contributed by atoms with van der Waals surface area (Å²) < 4.78 is 1.08. The molecule has 0 aliphatic carbocycles. The maximum absolute atomic E-state index is 5.98. The number of aromatic nitrogens is 1. The number of halogens is 1. The minimum absolute atomic E-state index is 0.851. The first-order valence-electron chi connectivity index (χ1n) is 3.91. The van der Waals surface area contributed by atoms with E-state index in [9.17, 15) is 0 Å². The first-order valence-corrected chi connectivity index (χ1v) is 5.52. The largest absolute Gasteiger partial charge is 0.398 e. The molecule has 2 aromatic rings. The molecular formula is C9H9BrN2S. The van der Waals surface area contributed by atoms with Crippen LogP contribution in [0.2, 0.25) is 0 Å². The van der Waals surface area contributed by atoms with Crippen molar-refractivity contribution < 1.29 is 0 Å². The van der Waals surface area contributed by atoms with Gasteiger partial charge in [-0.2, -0.15) is 0 Å². The summed E-state index contributed by atoms with van der Waals surface area (Å²) in [7, 11) is 0. The molecule has 0 aromatic carbocycles. The van der Waals surface area contributed by atoms with Crippen molar-refractivity contribution in [2.75, 3.05) is 5.73 Å². The maximum Gasteiger partial charge on any atom is 0.126 e. The first-order chi connectivity index (χ1) is 6.09. The van der Waals surface area contributed by atoms with Crippen LogP contribution in [-0.4, -0.2) is 4.98 Å². The minimum Gasteiger partial charge on any atom is -0.398 e. The van der Waals surface area contributed by atoms with Crippen molar-refractivity contribution in [3.05, 3.63) is 21.1 Å². The van der Waals surface area contributed by atoms with Crippen molar-refractivity contribution in [3.63, 3.8) is 0 Å². The van der Waals surface area contributed by atoms with Gasteiger partial charge < -0.3 is 5.73 Å². The van der Waals surface area contributed by atoms with Crippen LogP contribution in [0, 0.1) is 13.8 Å². The molecule has 0 saturated carbocycles. The Balaban J connectivity index is 2.92. The van der Waals surface area contributed by atoms with E-state index in [2.05, 4.69) is 20.9 Å². The van der Waals surface area contributed by atoms with Crippen molar-refractivity contribution in [2.24, 2.45) is 0 Å². The van der Waals surface area contributed by atoms with Gasteiger partial charge in [0.1, 0.15) is 4.83 Å². The Kier molecular flexibility index (Phi) is 2.04. The van der Waals surface area contributed by atoms with E-state index in [1.165, 1.54) is 0 Å². The van der Waals surface area contributed by atoms with Gasteiger partial charge in [0.25, 0.3) is 0 Å². The Morgan fingerprint density at radius 2 is 2.15 bits per heavy atom. The fourth-order valence-electron chi connectivity index (χ4n) is 1.26. The smallest absolute Gasteiger partial charge is 0.126 e. The second-order valence-corrected chi connectivity index (χ2v) is 5.42. The van der Waals surface area contributed by atoms with Crippen LogP contribution < -0.4 is 5.73 Å². The Morgan fingerprint density at radius 1 is 1.46 bits per heavy atom. The van der Waals surface area contributed by atoms with Crippen LogP contribution in [0.25, 0.3) is 10.2 Å². The van der Waals surface area contributed by atoms with Gasteiger partial charge in [-0.3, -0.25) is 0 Å². The van der Waals surface area contributed by atoms with Crippen molar-refractivity contribution in [3.8, 4) is 0 Å². The highest BCUT2D eigenvalue weighted by Gasteiger charge is 2.08. The van der Waals surface area contributed by atoms with Crippen LogP contribution in [0.15, 0.2) is 9.85 Å². The van der Waals surface area contributed by atoms with Gasteiger partial charge in [0, 0.05) is 16.8 Å². The van der Waals surface area contributed by atoms with Gasteiger partial charge >= 0.3 is 0 Å². The monoisotopic (exact) mass is 256 g/mol. The van der Waals surface area contributed by atoms with Crippen LogP contribution in [0.4, 0.5) is 5.69 Å². The molecule has 2 aromatic heterocycles. The van der Waals surface area contributed by atoms with Crippen molar-refractivity contribution in [1.29, 1.82) is 0 Å². The summed E-state index contributed by atoms with van der Waals surface area (Å²) in [4.78, 5) is 5.47. The third-order valence-corrected chi connectivity index (χ3v) is 3.72. The van der Waals surface area contributed by atoms with Gasteiger partial charge in [0.15, 0.2) is 0 Å². The number of aryl methyl sites for hydroxylation is 1. The fourth-order valence-corrected chi connectivity index (χ4v) is 2.77. The summed E-state index contributed by atoms with van der Waals surface area (Å²) in [5.41, 5.74) is 8.92. The van der Waals surface area contributed by atoms with Gasteiger partial charge in [-0.05, 0) is 41.4 Å². The number of anilines is 1. The molecule has 0 aliphatic heterocycles. The maximum atomic E-state index is 5.98. The van der Waals surface area contributed by atoms with E-state index in [1.807, 2.05) is 19.9 Å². The molecule has 2 heterocycles. The van der Waals surface area contributed by atoms with Gasteiger partial charge in [-0.15, -0.1) is 11.3 Å². The zero-order chi connectivity index (χ0) is 9.59. The quantitative estimate of drug-likeness (QED) is 0.786. The van der Waals surface area contributed by atoms with Crippen LogP contribution in [0.1, 0.15) is 11.3 Å². The second kappa shape index (κ2) is 2.96. The van der Waals surface area contributed by atoms with Gasteiger partial charge in [0.2, 0.25) is 0 Å². The summed E-state index contributed by atoms with van der Waals surface area (Å²) in [6.45, 7) is 3.99. The highest BCUT2D eigenvalue weighted by molar-refractivity contribution is 9.11. The number of thiophene rings is 1. The van der Waals surface area contributed by atoms with E-state index in [1.54, 1.807) is 11.3 Å². The number of hydrogen-bond acceptors (Lipinski definition) is 3. The molecule has 2 nitrogen and oxygen atoms in total. The van der Waals surface area contributed by atoms with Crippen LogP contribution in [0.3, 0.4) is 0 Å². The van der Waals surface area contributed by atoms with Crippen LogP contribution >= 0.6 is 27.3 Å². The van der Waals surface area contributed by atoms with Gasteiger partial charge in [-0.1, -0.05) is 0 Å². The fraction of sp³-hybridized carbons (Fsp3) is 0.222. The Morgan fingerprint density at radius 3 is 2.85 bits per heavy atom. The molecule has 0 bridgehead atoms. The summed E-state index contributed by atoms with van der Waals surface area (Å²) in [5.74, 6) is 0. The lowest BCUT2D eigenvalue weighted by Crippen LogP contribution is -1.95. The summed E-state index contributed by atoms with van der Waals surface area (Å²) in [6, 6.07) is 2.02. The molecule has 0 atom stereocenters. The summed E-state index contributed by atoms with van der Waals surface area (Å²) in [5, 5.41) is 1.06. The number of hydrogen-bond donors (Lipinski definition) is 1. The van der Waals surface area contributed by atoms with E-state index in [4.69, 9.17) is 5.73 Å². The van der Waals surface area contributed by atoms with E-state index in [0.717, 1.165) is 30.9 Å². The van der Waals surface area contributed by atoms with Gasteiger partial charge in [0.05, 0.1) is 3.79 Å². The molecule has 0 unspecified atom stereocenters. The molecule has 0 saturated heterocycles.